The Labute approximate surface area is 191 Å². The lowest BCUT2D eigenvalue weighted by atomic mass is 10.0. The van der Waals surface area contributed by atoms with Crippen LogP contribution in [0, 0.1) is 13.8 Å². The number of anilines is 2. The summed E-state index contributed by atoms with van der Waals surface area (Å²) in [6, 6.07) is 13.9. The van der Waals surface area contributed by atoms with Crippen molar-refractivity contribution < 1.29 is 18.9 Å². The molecule has 0 spiro atoms. The second-order valence-electron chi connectivity index (χ2n) is 9.44. The Kier molecular flexibility index (Phi) is 5.91. The monoisotopic (exact) mass is 438 g/mol. The first-order valence-corrected chi connectivity index (χ1v) is 11.7. The van der Waals surface area contributed by atoms with Crippen LogP contribution >= 0.6 is 0 Å². The summed E-state index contributed by atoms with van der Waals surface area (Å²) in [5, 5.41) is 0. The second kappa shape index (κ2) is 8.83. The molecule has 3 fully saturated rings. The van der Waals surface area contributed by atoms with Crippen molar-refractivity contribution >= 4 is 11.4 Å². The predicted molar refractivity (Wildman–Crippen MR) is 126 cm³/mol. The summed E-state index contributed by atoms with van der Waals surface area (Å²) in [7, 11) is 0. The number of nitrogens with zero attached hydrogens (tertiary/aromatic N) is 2. The molecule has 3 aliphatic rings. The smallest absolute Gasteiger partial charge is 0.122 e. The molecule has 3 heterocycles. The van der Waals surface area contributed by atoms with E-state index in [1.54, 1.807) is 0 Å². The van der Waals surface area contributed by atoms with Crippen LogP contribution in [0.15, 0.2) is 36.4 Å². The summed E-state index contributed by atoms with van der Waals surface area (Å²) in [5.41, 5.74) is 4.87. The maximum Gasteiger partial charge on any atom is 0.122 e. The molecule has 0 bridgehead atoms. The van der Waals surface area contributed by atoms with Gasteiger partial charge in [-0.1, -0.05) is 0 Å². The van der Waals surface area contributed by atoms with Gasteiger partial charge in [-0.15, -0.1) is 0 Å². The highest BCUT2D eigenvalue weighted by molar-refractivity contribution is 5.58. The van der Waals surface area contributed by atoms with Crippen molar-refractivity contribution in [3.05, 3.63) is 47.5 Å². The van der Waals surface area contributed by atoms with Crippen LogP contribution in [-0.4, -0.2) is 63.8 Å². The molecule has 172 valence electrons. The van der Waals surface area contributed by atoms with Crippen molar-refractivity contribution in [2.24, 2.45) is 0 Å². The van der Waals surface area contributed by atoms with Crippen LogP contribution in [0.25, 0.3) is 0 Å². The van der Waals surface area contributed by atoms with Gasteiger partial charge in [0.05, 0.1) is 13.2 Å². The number of aryl methyl sites for hydroxylation is 2. The van der Waals surface area contributed by atoms with Crippen LogP contribution in [-0.2, 0) is 9.47 Å². The number of hydrogen-bond acceptors (Lipinski definition) is 6. The molecule has 2 aromatic carbocycles. The lowest BCUT2D eigenvalue weighted by Crippen LogP contribution is -2.56. The van der Waals surface area contributed by atoms with E-state index in [-0.39, 0.29) is 12.2 Å². The molecule has 4 unspecified atom stereocenters. The normalized spacial score (nSPS) is 26.8. The Morgan fingerprint density at radius 1 is 0.750 bits per heavy atom. The van der Waals surface area contributed by atoms with Gasteiger partial charge in [0, 0.05) is 36.5 Å². The third-order valence-electron chi connectivity index (χ3n) is 6.62. The molecule has 5 rings (SSSR count). The second-order valence-corrected chi connectivity index (χ2v) is 9.44. The van der Waals surface area contributed by atoms with Gasteiger partial charge in [0.15, 0.2) is 0 Å². The fourth-order valence-electron chi connectivity index (χ4n) is 4.49. The number of hydrogen-bond donors (Lipinski definition) is 0. The lowest BCUT2D eigenvalue weighted by molar-refractivity contribution is 0.261. The molecule has 0 radical (unpaired) electrons. The largest absolute Gasteiger partial charge is 0.491 e. The summed E-state index contributed by atoms with van der Waals surface area (Å²) in [4.78, 5) is 5.03. The van der Waals surface area contributed by atoms with Crippen LogP contribution < -0.4 is 19.3 Å². The van der Waals surface area contributed by atoms with Gasteiger partial charge in [0.2, 0.25) is 0 Å². The number of ether oxygens (including phenoxy) is 4. The van der Waals surface area contributed by atoms with Gasteiger partial charge in [0.25, 0.3) is 0 Å². The highest BCUT2D eigenvalue weighted by Gasteiger charge is 2.30. The Morgan fingerprint density at radius 3 is 1.50 bits per heavy atom. The quantitative estimate of drug-likeness (QED) is 0.582. The molecule has 0 amide bonds. The van der Waals surface area contributed by atoms with E-state index in [1.165, 1.54) is 22.5 Å². The summed E-state index contributed by atoms with van der Waals surface area (Å²) < 4.78 is 22.3. The predicted octanol–water partition coefficient (Wildman–Crippen LogP) is 3.96. The zero-order valence-electron chi connectivity index (χ0n) is 19.5. The fraction of sp³-hybridized carbons (Fsp3) is 0.538. The number of epoxide rings is 2. The van der Waals surface area contributed by atoms with E-state index in [0.717, 1.165) is 37.8 Å². The fourth-order valence-corrected chi connectivity index (χ4v) is 4.49. The summed E-state index contributed by atoms with van der Waals surface area (Å²) >= 11 is 0. The maximum atomic E-state index is 5.91. The molecule has 32 heavy (non-hydrogen) atoms. The molecular weight excluding hydrogens is 404 g/mol. The third-order valence-corrected chi connectivity index (χ3v) is 6.62. The van der Waals surface area contributed by atoms with Crippen LogP contribution in [0.1, 0.15) is 25.0 Å². The van der Waals surface area contributed by atoms with Crippen molar-refractivity contribution in [1.29, 1.82) is 0 Å². The minimum absolute atomic E-state index is 0.277. The minimum atomic E-state index is 0.277. The van der Waals surface area contributed by atoms with E-state index in [9.17, 15) is 0 Å². The van der Waals surface area contributed by atoms with Crippen molar-refractivity contribution in [2.45, 2.75) is 52.0 Å². The highest BCUT2D eigenvalue weighted by atomic mass is 16.6. The SMILES string of the molecule is Cc1cc(N2CC(C)N(c3ccc(OCC4CO4)c(C)c3)CC2C)ccc1OCC1CO1. The highest BCUT2D eigenvalue weighted by Crippen LogP contribution is 2.32. The summed E-state index contributed by atoms with van der Waals surface area (Å²) in [5.74, 6) is 1.91. The first-order valence-electron chi connectivity index (χ1n) is 11.7. The molecular formula is C26H34N2O4. The molecule has 4 atom stereocenters. The first-order chi connectivity index (χ1) is 15.5. The van der Waals surface area contributed by atoms with E-state index < -0.39 is 0 Å². The van der Waals surface area contributed by atoms with Gasteiger partial charge < -0.3 is 28.7 Å². The molecule has 0 aromatic heterocycles. The minimum Gasteiger partial charge on any atom is -0.491 e. The first kappa shape index (κ1) is 21.4. The Balaban J connectivity index is 1.24. The van der Waals surface area contributed by atoms with Crippen LogP contribution in [0.2, 0.25) is 0 Å². The lowest BCUT2D eigenvalue weighted by Gasteiger charge is -2.46. The zero-order chi connectivity index (χ0) is 22.2. The van der Waals surface area contributed by atoms with Crippen molar-refractivity contribution in [1.82, 2.24) is 0 Å². The number of rotatable bonds is 8. The zero-order valence-corrected chi connectivity index (χ0v) is 19.5. The van der Waals surface area contributed by atoms with Gasteiger partial charge in [-0.3, -0.25) is 0 Å². The molecule has 6 heteroatoms. The topological polar surface area (TPSA) is 50.0 Å². The van der Waals surface area contributed by atoms with E-state index in [4.69, 9.17) is 18.9 Å². The Hall–Kier alpha value is -2.44. The van der Waals surface area contributed by atoms with Crippen LogP contribution in [0.4, 0.5) is 11.4 Å². The summed E-state index contributed by atoms with van der Waals surface area (Å²) in [6.45, 7) is 13.8. The maximum absolute atomic E-state index is 5.91. The standard InChI is InChI=1S/C26H34N2O4/c1-17-9-21(5-7-25(17)31-15-23-13-29-23)27-11-20(4)28(12-19(27)3)22-6-8-26(18(2)10-22)32-16-24-14-30-24/h5-10,19-20,23-24H,11-16H2,1-4H3. The van der Waals surface area contributed by atoms with Crippen LogP contribution in [0.5, 0.6) is 11.5 Å². The van der Waals surface area contributed by atoms with Crippen molar-refractivity contribution in [3.63, 3.8) is 0 Å². The van der Waals surface area contributed by atoms with Gasteiger partial charge in [-0.25, -0.2) is 0 Å². The molecule has 6 nitrogen and oxygen atoms in total. The number of benzene rings is 2. The molecule has 0 aliphatic carbocycles. The molecule has 3 saturated heterocycles. The van der Waals surface area contributed by atoms with Gasteiger partial charge in [0.1, 0.15) is 36.9 Å². The van der Waals surface area contributed by atoms with E-state index in [1.807, 2.05) is 0 Å². The van der Waals surface area contributed by atoms with E-state index in [2.05, 4.69) is 73.9 Å². The van der Waals surface area contributed by atoms with Gasteiger partial charge >= 0.3 is 0 Å². The van der Waals surface area contributed by atoms with Crippen molar-refractivity contribution in [3.8, 4) is 11.5 Å². The van der Waals surface area contributed by atoms with E-state index in [0.29, 0.717) is 25.3 Å². The Morgan fingerprint density at radius 2 is 1.16 bits per heavy atom. The van der Waals surface area contributed by atoms with E-state index >= 15 is 0 Å². The molecule has 0 saturated carbocycles. The number of piperazine rings is 1. The molecule has 2 aromatic rings. The average Bonchev–Trinajstić information content (AvgIpc) is 3.68. The average molecular weight is 439 g/mol. The Bertz CT molecular complexity index is 879. The third kappa shape index (κ3) is 4.81. The van der Waals surface area contributed by atoms with Crippen LogP contribution in [0.3, 0.4) is 0 Å². The molecule has 3 aliphatic heterocycles. The molecule has 0 N–H and O–H groups in total. The summed E-state index contributed by atoms with van der Waals surface area (Å²) in [6.07, 6.45) is 0.555. The van der Waals surface area contributed by atoms with Gasteiger partial charge in [-0.2, -0.15) is 0 Å². The van der Waals surface area contributed by atoms with Crippen molar-refractivity contribution in [2.75, 3.05) is 49.3 Å². The van der Waals surface area contributed by atoms with Gasteiger partial charge in [-0.05, 0) is 75.2 Å².